The smallest absolute Gasteiger partial charge is 0.0233 e. The van der Waals surface area contributed by atoms with Gasteiger partial charge >= 0.3 is 0 Å². The van der Waals surface area contributed by atoms with E-state index in [1.807, 2.05) is 11.8 Å². The van der Waals surface area contributed by atoms with E-state index in [4.69, 9.17) is 0 Å². The fraction of sp³-hybridized carbons (Fsp3) is 0.455. The van der Waals surface area contributed by atoms with Gasteiger partial charge in [0, 0.05) is 18.0 Å². The zero-order valence-corrected chi connectivity index (χ0v) is 9.03. The Bertz CT molecular complexity index is 309. The van der Waals surface area contributed by atoms with Gasteiger partial charge in [0.2, 0.25) is 0 Å². The van der Waals surface area contributed by atoms with Crippen LogP contribution < -0.4 is 0 Å². The molecule has 1 aromatic rings. The molecule has 13 heavy (non-hydrogen) atoms. The fourth-order valence-electron chi connectivity index (χ4n) is 1.80. The molecule has 70 valence electrons. The van der Waals surface area contributed by atoms with Gasteiger partial charge in [-0.05, 0) is 43.0 Å². The van der Waals surface area contributed by atoms with Crippen LogP contribution in [0.5, 0.6) is 0 Å². The van der Waals surface area contributed by atoms with E-state index in [0.29, 0.717) is 0 Å². The van der Waals surface area contributed by atoms with Crippen LogP contribution in [-0.4, -0.2) is 24.7 Å². The highest BCUT2D eigenvalue weighted by Crippen LogP contribution is 2.23. The molecule has 1 aromatic carbocycles. The highest BCUT2D eigenvalue weighted by molar-refractivity contribution is 7.98. The molecule has 0 saturated heterocycles. The lowest BCUT2D eigenvalue weighted by atomic mass is 10.0. The first-order chi connectivity index (χ1) is 6.29. The Labute approximate surface area is 84.1 Å². The molecular formula is C11H15NS. The van der Waals surface area contributed by atoms with E-state index in [0.717, 1.165) is 6.54 Å². The lowest BCUT2D eigenvalue weighted by molar-refractivity contribution is 0.312. The van der Waals surface area contributed by atoms with E-state index in [2.05, 4.69) is 36.4 Å². The van der Waals surface area contributed by atoms with Gasteiger partial charge in [-0.2, -0.15) is 0 Å². The lowest BCUT2D eigenvalue weighted by Crippen LogP contribution is -2.26. The standard InChI is InChI=1S/C11H15NS/c1-12-6-5-9-7-11(13-2)4-3-10(9)8-12/h3-4,7H,5-6,8H2,1-2H3. The van der Waals surface area contributed by atoms with Crippen LogP contribution >= 0.6 is 11.8 Å². The minimum atomic E-state index is 1.12. The predicted molar refractivity (Wildman–Crippen MR) is 58.3 cm³/mol. The van der Waals surface area contributed by atoms with Crippen LogP contribution in [0.15, 0.2) is 23.1 Å². The van der Waals surface area contributed by atoms with Crippen LogP contribution in [-0.2, 0) is 13.0 Å². The van der Waals surface area contributed by atoms with Crippen molar-refractivity contribution in [1.29, 1.82) is 0 Å². The average Bonchev–Trinajstić information content (AvgIpc) is 2.17. The Morgan fingerprint density at radius 1 is 1.31 bits per heavy atom. The molecule has 1 nitrogen and oxygen atoms in total. The molecule has 0 bridgehead atoms. The Morgan fingerprint density at radius 3 is 2.92 bits per heavy atom. The van der Waals surface area contributed by atoms with Gasteiger partial charge in [-0.15, -0.1) is 11.8 Å². The lowest BCUT2D eigenvalue weighted by Gasteiger charge is -2.25. The molecule has 2 heteroatoms. The number of fused-ring (bicyclic) bond motifs is 1. The van der Waals surface area contributed by atoms with Gasteiger partial charge in [0.25, 0.3) is 0 Å². The second-order valence-electron chi connectivity index (χ2n) is 3.62. The van der Waals surface area contributed by atoms with E-state index < -0.39 is 0 Å². The molecule has 1 heterocycles. The maximum atomic E-state index is 2.38. The van der Waals surface area contributed by atoms with E-state index in [-0.39, 0.29) is 0 Å². The van der Waals surface area contributed by atoms with Crippen molar-refractivity contribution in [3.05, 3.63) is 29.3 Å². The molecule has 0 fully saturated rings. The third kappa shape index (κ3) is 1.89. The molecule has 0 atom stereocenters. The van der Waals surface area contributed by atoms with E-state index in [9.17, 15) is 0 Å². The van der Waals surface area contributed by atoms with Crippen molar-refractivity contribution in [2.45, 2.75) is 17.9 Å². The van der Waals surface area contributed by atoms with Gasteiger partial charge < -0.3 is 4.90 Å². The quantitative estimate of drug-likeness (QED) is 0.630. The molecule has 0 amide bonds. The van der Waals surface area contributed by atoms with Gasteiger partial charge in [0.1, 0.15) is 0 Å². The van der Waals surface area contributed by atoms with E-state index >= 15 is 0 Å². The Kier molecular flexibility index (Phi) is 2.61. The number of rotatable bonds is 1. The van der Waals surface area contributed by atoms with Crippen LogP contribution in [0.3, 0.4) is 0 Å². The summed E-state index contributed by atoms with van der Waals surface area (Å²) >= 11 is 1.83. The SMILES string of the molecule is CSc1ccc2c(c1)CCN(C)C2. The molecule has 0 unspecified atom stereocenters. The van der Waals surface area contributed by atoms with Gasteiger partial charge in [-0.25, -0.2) is 0 Å². The molecular weight excluding hydrogens is 178 g/mol. The normalized spacial score (nSPS) is 17.1. The van der Waals surface area contributed by atoms with Crippen molar-refractivity contribution >= 4 is 11.8 Å². The van der Waals surface area contributed by atoms with Crippen molar-refractivity contribution in [3.63, 3.8) is 0 Å². The van der Waals surface area contributed by atoms with Crippen LogP contribution in [0.25, 0.3) is 0 Å². The summed E-state index contributed by atoms with van der Waals surface area (Å²) in [6, 6.07) is 6.84. The Morgan fingerprint density at radius 2 is 2.15 bits per heavy atom. The van der Waals surface area contributed by atoms with Crippen LogP contribution in [0, 0.1) is 0 Å². The third-order valence-corrected chi connectivity index (χ3v) is 3.34. The second kappa shape index (κ2) is 3.72. The van der Waals surface area contributed by atoms with Crippen LogP contribution in [0.4, 0.5) is 0 Å². The molecule has 0 saturated carbocycles. The average molecular weight is 193 g/mol. The van der Waals surface area contributed by atoms with Gasteiger partial charge in [0.05, 0.1) is 0 Å². The summed E-state index contributed by atoms with van der Waals surface area (Å²) in [6.45, 7) is 2.31. The molecule has 0 radical (unpaired) electrons. The predicted octanol–water partition coefficient (Wildman–Crippen LogP) is 2.40. The minimum Gasteiger partial charge on any atom is -0.302 e. The fourth-order valence-corrected chi connectivity index (χ4v) is 2.26. The summed E-state index contributed by atoms with van der Waals surface area (Å²) in [5.74, 6) is 0. The number of hydrogen-bond acceptors (Lipinski definition) is 2. The number of likely N-dealkylation sites (N-methyl/N-ethyl adjacent to an activating group) is 1. The highest BCUT2D eigenvalue weighted by Gasteiger charge is 2.12. The van der Waals surface area contributed by atoms with Gasteiger partial charge in [-0.1, -0.05) is 6.07 Å². The largest absolute Gasteiger partial charge is 0.302 e. The monoisotopic (exact) mass is 193 g/mol. The van der Waals surface area contributed by atoms with Crippen molar-refractivity contribution in [1.82, 2.24) is 4.90 Å². The molecule has 1 aliphatic heterocycles. The number of nitrogens with zero attached hydrogens (tertiary/aromatic N) is 1. The zero-order valence-electron chi connectivity index (χ0n) is 8.21. The molecule has 0 aromatic heterocycles. The van der Waals surface area contributed by atoms with E-state index in [1.54, 1.807) is 5.56 Å². The molecule has 0 N–H and O–H groups in total. The third-order valence-electron chi connectivity index (χ3n) is 2.62. The summed E-state index contributed by atoms with van der Waals surface area (Å²) < 4.78 is 0. The van der Waals surface area contributed by atoms with Crippen molar-refractivity contribution in [3.8, 4) is 0 Å². The molecule has 0 aliphatic carbocycles. The highest BCUT2D eigenvalue weighted by atomic mass is 32.2. The van der Waals surface area contributed by atoms with E-state index in [1.165, 1.54) is 23.4 Å². The molecule has 1 aliphatic rings. The second-order valence-corrected chi connectivity index (χ2v) is 4.50. The summed E-state index contributed by atoms with van der Waals surface area (Å²) in [7, 11) is 2.19. The van der Waals surface area contributed by atoms with Crippen LogP contribution in [0.2, 0.25) is 0 Å². The van der Waals surface area contributed by atoms with Crippen molar-refractivity contribution in [2.24, 2.45) is 0 Å². The number of hydrogen-bond donors (Lipinski definition) is 0. The van der Waals surface area contributed by atoms with Gasteiger partial charge in [0.15, 0.2) is 0 Å². The molecule has 0 spiro atoms. The maximum absolute atomic E-state index is 2.38. The summed E-state index contributed by atoms with van der Waals surface area (Å²) in [6.07, 6.45) is 3.34. The number of thioether (sulfide) groups is 1. The summed E-state index contributed by atoms with van der Waals surface area (Å²) in [4.78, 5) is 3.77. The van der Waals surface area contributed by atoms with Crippen molar-refractivity contribution < 1.29 is 0 Å². The maximum Gasteiger partial charge on any atom is 0.0233 e. The first-order valence-corrected chi connectivity index (χ1v) is 5.86. The van der Waals surface area contributed by atoms with Crippen molar-refractivity contribution in [2.75, 3.05) is 19.8 Å². The first kappa shape index (κ1) is 9.10. The topological polar surface area (TPSA) is 3.24 Å². The summed E-state index contributed by atoms with van der Waals surface area (Å²) in [5, 5.41) is 0. The van der Waals surface area contributed by atoms with Crippen LogP contribution in [0.1, 0.15) is 11.1 Å². The summed E-state index contributed by atoms with van der Waals surface area (Å²) in [5.41, 5.74) is 3.05. The first-order valence-electron chi connectivity index (χ1n) is 4.64. The Balaban J connectivity index is 2.31. The minimum absolute atomic E-state index is 1.12. The van der Waals surface area contributed by atoms with Gasteiger partial charge in [-0.3, -0.25) is 0 Å². The zero-order chi connectivity index (χ0) is 9.26. The molecule has 2 rings (SSSR count). The Hall–Kier alpha value is -0.470. The number of benzene rings is 1.